The molecule has 2 atom stereocenters. The molecular weight excluding hydrogens is 433 g/mol. The van der Waals surface area contributed by atoms with Gasteiger partial charge in [-0.25, -0.2) is 4.98 Å². The Morgan fingerprint density at radius 1 is 1.53 bits per heavy atom. The third kappa shape index (κ3) is 4.57. The molecule has 0 radical (unpaired) electrons. The summed E-state index contributed by atoms with van der Waals surface area (Å²) < 4.78 is 4.81. The van der Waals surface area contributed by atoms with Gasteiger partial charge in [0.05, 0.1) is 18.9 Å². The molecule has 3 heterocycles. The molecule has 2 aliphatic heterocycles. The van der Waals surface area contributed by atoms with Crippen molar-refractivity contribution in [2.45, 2.75) is 18.6 Å². The fraction of sp³-hybridized carbons (Fsp3) is 0.467. The minimum Gasteiger partial charge on any atom is -0.544 e. The van der Waals surface area contributed by atoms with Crippen LogP contribution in [0.25, 0.3) is 0 Å². The van der Waals surface area contributed by atoms with Crippen molar-refractivity contribution in [2.24, 2.45) is 11.1 Å². The van der Waals surface area contributed by atoms with E-state index in [1.165, 1.54) is 12.5 Å². The van der Waals surface area contributed by atoms with E-state index >= 15 is 0 Å². The Morgan fingerprint density at radius 3 is 2.80 bits per heavy atom. The van der Waals surface area contributed by atoms with Crippen molar-refractivity contribution in [3.63, 3.8) is 0 Å². The van der Waals surface area contributed by atoms with Gasteiger partial charge in [-0.1, -0.05) is 5.16 Å². The second-order valence-electron chi connectivity index (χ2n) is 6.07. The van der Waals surface area contributed by atoms with E-state index in [0.29, 0.717) is 5.06 Å². The largest absolute Gasteiger partial charge is 1.00 e. The van der Waals surface area contributed by atoms with Crippen LogP contribution in [0.1, 0.15) is 18.5 Å². The Labute approximate surface area is 195 Å². The molecule has 0 aromatic carbocycles. The molecule has 15 heteroatoms. The van der Waals surface area contributed by atoms with Crippen LogP contribution in [-0.4, -0.2) is 65.5 Å². The Hall–Kier alpha value is -2.26. The number of nitrogen functional groups attached to an aromatic ring is 1. The number of nitrogens with one attached hydrogen (secondary N) is 1. The smallest absolute Gasteiger partial charge is 0.544 e. The fourth-order valence-corrected chi connectivity index (χ4v) is 3.36. The number of carbonyl (C=O) groups excluding carboxylic acids is 4. The van der Waals surface area contributed by atoms with Crippen LogP contribution in [0.3, 0.4) is 0 Å². The second kappa shape index (κ2) is 9.70. The predicted molar refractivity (Wildman–Crippen MR) is 92.4 cm³/mol. The molecule has 0 spiro atoms. The number of hydroxylamine groups is 2. The molecule has 1 aromatic rings. The van der Waals surface area contributed by atoms with Gasteiger partial charge in [-0.3, -0.25) is 19.2 Å². The molecule has 1 unspecified atom stereocenters. The molecule has 1 aromatic heterocycles. The first-order chi connectivity index (χ1) is 13.8. The SMILES string of the molecule is CO/N=C(\C(=O)NC[C@H]1CON(C2(C(=O)[O-])CCC(=O)O2)C1=O)c1csc(N)n1.[Na+]. The van der Waals surface area contributed by atoms with Crippen LogP contribution in [0.2, 0.25) is 0 Å². The van der Waals surface area contributed by atoms with Gasteiger partial charge in [-0.2, -0.15) is 5.06 Å². The molecule has 2 fully saturated rings. The summed E-state index contributed by atoms with van der Waals surface area (Å²) >= 11 is 1.10. The molecule has 0 saturated carbocycles. The molecule has 2 saturated heterocycles. The van der Waals surface area contributed by atoms with Crippen LogP contribution in [0, 0.1) is 5.92 Å². The number of ether oxygens (including phenoxy) is 1. The number of rotatable bonds is 7. The molecule has 156 valence electrons. The zero-order chi connectivity index (χ0) is 21.2. The number of hydrogen-bond donors (Lipinski definition) is 2. The number of hydrogen-bond acceptors (Lipinski definition) is 12. The van der Waals surface area contributed by atoms with Crippen LogP contribution in [0.5, 0.6) is 0 Å². The molecule has 3 rings (SSSR count). The summed E-state index contributed by atoms with van der Waals surface area (Å²) in [5.74, 6) is -4.93. The maximum absolute atomic E-state index is 12.6. The average Bonchev–Trinajstić information content (AvgIpc) is 3.37. The van der Waals surface area contributed by atoms with E-state index in [9.17, 15) is 24.3 Å². The fourth-order valence-electron chi connectivity index (χ4n) is 2.82. The number of cyclic esters (lactones) is 1. The van der Waals surface area contributed by atoms with E-state index in [1.807, 2.05) is 0 Å². The molecule has 30 heavy (non-hydrogen) atoms. The molecule has 2 amide bonds. The van der Waals surface area contributed by atoms with Crippen molar-refractivity contribution in [3.05, 3.63) is 11.1 Å². The van der Waals surface area contributed by atoms with E-state index in [1.54, 1.807) is 0 Å². The van der Waals surface area contributed by atoms with E-state index in [2.05, 4.69) is 20.3 Å². The van der Waals surface area contributed by atoms with Gasteiger partial charge in [0.2, 0.25) is 0 Å². The minimum absolute atomic E-state index is 0. The monoisotopic (exact) mass is 449 g/mol. The van der Waals surface area contributed by atoms with Crippen LogP contribution < -0.4 is 45.7 Å². The number of nitrogens with zero attached hydrogens (tertiary/aromatic N) is 3. The minimum atomic E-state index is -2.31. The third-order valence-corrected chi connectivity index (χ3v) is 4.90. The number of oxime groups is 1. The summed E-state index contributed by atoms with van der Waals surface area (Å²) in [5.41, 5.74) is 3.28. The van der Waals surface area contributed by atoms with Gasteiger partial charge in [0, 0.05) is 18.3 Å². The third-order valence-electron chi connectivity index (χ3n) is 4.22. The Kier molecular flexibility index (Phi) is 7.76. The number of carboxylic acid groups (broad SMARTS) is 1. The van der Waals surface area contributed by atoms with E-state index < -0.39 is 35.4 Å². The number of amides is 2. The van der Waals surface area contributed by atoms with Gasteiger partial charge in [0.1, 0.15) is 18.8 Å². The average molecular weight is 449 g/mol. The summed E-state index contributed by atoms with van der Waals surface area (Å²) in [6, 6.07) is 0. The van der Waals surface area contributed by atoms with Gasteiger partial charge in [-0.15, -0.1) is 11.3 Å². The number of aliphatic carboxylic acids is 1. The second-order valence-corrected chi connectivity index (χ2v) is 6.96. The summed E-state index contributed by atoms with van der Waals surface area (Å²) in [4.78, 5) is 61.7. The van der Waals surface area contributed by atoms with Crippen molar-refractivity contribution in [2.75, 3.05) is 26.0 Å². The molecule has 13 nitrogen and oxygen atoms in total. The number of esters is 1. The van der Waals surface area contributed by atoms with Gasteiger partial charge >= 0.3 is 35.5 Å². The molecule has 0 aliphatic carbocycles. The van der Waals surface area contributed by atoms with Crippen molar-refractivity contribution < 1.29 is 68.3 Å². The number of aromatic nitrogens is 1. The molecular formula is C15H16N5NaO8S. The Morgan fingerprint density at radius 2 is 2.27 bits per heavy atom. The maximum atomic E-state index is 12.6. The number of anilines is 1. The van der Waals surface area contributed by atoms with Gasteiger partial charge < -0.3 is 30.5 Å². The maximum Gasteiger partial charge on any atom is 1.00 e. The molecule has 2 aliphatic rings. The van der Waals surface area contributed by atoms with Crippen LogP contribution in [0.4, 0.5) is 5.13 Å². The van der Waals surface area contributed by atoms with E-state index in [4.69, 9.17) is 15.3 Å². The van der Waals surface area contributed by atoms with Crippen LogP contribution in [-0.2, 0) is 33.6 Å². The van der Waals surface area contributed by atoms with Crippen molar-refractivity contribution in [1.82, 2.24) is 15.4 Å². The first kappa shape index (κ1) is 24.0. The zero-order valence-corrected chi connectivity index (χ0v) is 18.9. The van der Waals surface area contributed by atoms with Crippen LogP contribution >= 0.6 is 11.3 Å². The van der Waals surface area contributed by atoms with Crippen LogP contribution in [0.15, 0.2) is 10.5 Å². The van der Waals surface area contributed by atoms with Gasteiger partial charge in [-0.05, 0) is 0 Å². The molecule has 0 bridgehead atoms. The first-order valence-electron chi connectivity index (χ1n) is 8.29. The topological polar surface area (TPSA) is 186 Å². The quantitative estimate of drug-likeness (QED) is 0.176. The summed E-state index contributed by atoms with van der Waals surface area (Å²) in [7, 11) is 1.25. The normalized spacial score (nSPS) is 23.7. The van der Waals surface area contributed by atoms with E-state index in [-0.39, 0.29) is 72.1 Å². The zero-order valence-electron chi connectivity index (χ0n) is 16.1. The molecule has 3 N–H and O–H groups in total. The van der Waals surface area contributed by atoms with Crippen molar-refractivity contribution >= 4 is 45.9 Å². The van der Waals surface area contributed by atoms with Crippen molar-refractivity contribution in [1.29, 1.82) is 0 Å². The standard InChI is InChI=1S/C15H17N5O8S.Na/c1-26-19-10(8-6-29-14(16)18-8)11(22)17-4-7-5-27-20(12(7)23)15(13(24)25)3-2-9(21)28-15;/h6-7H,2-5H2,1H3,(H2,16,18)(H,17,22)(H,24,25);/q;+1/p-1/b19-10-;/t7-,15?;/m0./s1. The predicted octanol–water partition coefficient (Wildman–Crippen LogP) is -5.63. The van der Waals surface area contributed by atoms with Gasteiger partial charge in [0.25, 0.3) is 17.5 Å². The Balaban J connectivity index is 0.00000320. The number of thiazole rings is 1. The number of carbonyl (C=O) groups is 4. The summed E-state index contributed by atoms with van der Waals surface area (Å²) in [5, 5.41) is 19.9. The summed E-state index contributed by atoms with van der Waals surface area (Å²) in [6.07, 6.45) is -0.495. The number of carboxylic acids is 1. The summed E-state index contributed by atoms with van der Waals surface area (Å²) in [6.45, 7) is -0.431. The van der Waals surface area contributed by atoms with Gasteiger partial charge in [0.15, 0.2) is 10.8 Å². The van der Waals surface area contributed by atoms with Crippen molar-refractivity contribution in [3.8, 4) is 0 Å². The Bertz CT molecular complexity index is 892. The first-order valence-corrected chi connectivity index (χ1v) is 9.17. The number of nitrogens with two attached hydrogens (primary N) is 1. The van der Waals surface area contributed by atoms with E-state index in [0.717, 1.165) is 11.3 Å².